The fourth-order valence-electron chi connectivity index (χ4n) is 3.53. The maximum Gasteiger partial charge on any atom is 0.293 e. The molecule has 0 spiro atoms. The quantitative estimate of drug-likeness (QED) is 0.408. The normalized spacial score (nSPS) is 13.3. The number of aromatic nitrogens is 2. The van der Waals surface area contributed by atoms with E-state index in [1.807, 2.05) is 6.07 Å². The lowest BCUT2D eigenvalue weighted by Crippen LogP contribution is -2.18. The zero-order chi connectivity index (χ0) is 21.0. The molecule has 0 bridgehead atoms. The summed E-state index contributed by atoms with van der Waals surface area (Å²) in [7, 11) is 0. The monoisotopic (exact) mass is 434 g/mol. The first-order valence-electron chi connectivity index (χ1n) is 9.24. The molecule has 0 aliphatic carbocycles. The SMILES string of the molecule is CC(C)CC(c1nc[nH]c1-c1cccc(Cl)c1F)C(OC=O)c1cccc(Cl)c1. The number of nitrogens with zero attached hydrogens (tertiary/aromatic N) is 1. The van der Waals surface area contributed by atoms with E-state index in [2.05, 4.69) is 23.8 Å². The minimum Gasteiger partial charge on any atom is -0.459 e. The summed E-state index contributed by atoms with van der Waals surface area (Å²) in [6.45, 7) is 4.55. The van der Waals surface area contributed by atoms with Crippen molar-refractivity contribution in [3.05, 3.63) is 75.9 Å². The fourth-order valence-corrected chi connectivity index (χ4v) is 3.91. The average Bonchev–Trinajstić information content (AvgIpc) is 3.16. The van der Waals surface area contributed by atoms with Crippen LogP contribution in [0, 0.1) is 11.7 Å². The highest BCUT2D eigenvalue weighted by atomic mass is 35.5. The van der Waals surface area contributed by atoms with Crippen LogP contribution in [-0.4, -0.2) is 16.4 Å². The van der Waals surface area contributed by atoms with E-state index in [4.69, 9.17) is 27.9 Å². The first-order valence-corrected chi connectivity index (χ1v) is 10.00. The molecule has 4 nitrogen and oxygen atoms in total. The van der Waals surface area contributed by atoms with Crippen molar-refractivity contribution in [1.82, 2.24) is 9.97 Å². The zero-order valence-electron chi connectivity index (χ0n) is 16.0. The van der Waals surface area contributed by atoms with Crippen LogP contribution in [0.15, 0.2) is 48.8 Å². The molecule has 29 heavy (non-hydrogen) atoms. The summed E-state index contributed by atoms with van der Waals surface area (Å²) in [5.41, 5.74) is 2.18. The molecular formula is C22H21Cl2FN2O2. The molecule has 2 aromatic carbocycles. The van der Waals surface area contributed by atoms with Crippen molar-refractivity contribution in [2.24, 2.45) is 5.92 Å². The van der Waals surface area contributed by atoms with Crippen molar-refractivity contribution in [2.45, 2.75) is 32.3 Å². The molecule has 3 aromatic rings. The number of carbonyl (C=O) groups is 1. The highest BCUT2D eigenvalue weighted by Gasteiger charge is 2.32. The van der Waals surface area contributed by atoms with Gasteiger partial charge in [0.2, 0.25) is 0 Å². The molecule has 1 aromatic heterocycles. The van der Waals surface area contributed by atoms with Gasteiger partial charge in [-0.25, -0.2) is 9.37 Å². The summed E-state index contributed by atoms with van der Waals surface area (Å²) in [6, 6.07) is 12.0. The van der Waals surface area contributed by atoms with Crippen molar-refractivity contribution < 1.29 is 13.9 Å². The minimum absolute atomic E-state index is 0.0268. The van der Waals surface area contributed by atoms with Gasteiger partial charge in [0.1, 0.15) is 6.10 Å². The third kappa shape index (κ3) is 4.80. The molecule has 0 fully saturated rings. The average molecular weight is 435 g/mol. The second kappa shape index (κ2) is 9.42. The molecule has 0 aliphatic heterocycles. The minimum atomic E-state index is -0.627. The Bertz CT molecular complexity index is 990. The highest BCUT2D eigenvalue weighted by Crippen LogP contribution is 2.42. The van der Waals surface area contributed by atoms with Crippen LogP contribution < -0.4 is 0 Å². The Morgan fingerprint density at radius 3 is 2.66 bits per heavy atom. The lowest BCUT2D eigenvalue weighted by atomic mass is 9.84. The van der Waals surface area contributed by atoms with E-state index in [0.717, 1.165) is 5.56 Å². The smallest absolute Gasteiger partial charge is 0.293 e. The van der Waals surface area contributed by atoms with Gasteiger partial charge in [-0.1, -0.05) is 55.2 Å². The van der Waals surface area contributed by atoms with Gasteiger partial charge in [-0.2, -0.15) is 0 Å². The molecule has 1 N–H and O–H groups in total. The molecule has 0 radical (unpaired) electrons. The zero-order valence-corrected chi connectivity index (χ0v) is 17.5. The first kappa shape index (κ1) is 21.3. The van der Waals surface area contributed by atoms with Crippen LogP contribution in [0.4, 0.5) is 4.39 Å². The fraction of sp³-hybridized carbons (Fsp3) is 0.273. The van der Waals surface area contributed by atoms with Crippen LogP contribution in [0.2, 0.25) is 10.0 Å². The molecule has 0 saturated carbocycles. The van der Waals surface area contributed by atoms with Crippen LogP contribution in [0.5, 0.6) is 0 Å². The Hall–Kier alpha value is -2.37. The maximum atomic E-state index is 14.7. The molecule has 0 amide bonds. The molecule has 2 atom stereocenters. The number of benzene rings is 2. The van der Waals surface area contributed by atoms with Crippen molar-refractivity contribution in [3.8, 4) is 11.3 Å². The van der Waals surface area contributed by atoms with Crippen molar-refractivity contribution in [1.29, 1.82) is 0 Å². The van der Waals surface area contributed by atoms with Gasteiger partial charge in [0, 0.05) is 16.5 Å². The molecule has 1 heterocycles. The topological polar surface area (TPSA) is 55.0 Å². The largest absolute Gasteiger partial charge is 0.459 e. The van der Waals surface area contributed by atoms with Gasteiger partial charge in [-0.3, -0.25) is 4.79 Å². The van der Waals surface area contributed by atoms with Crippen LogP contribution in [0.25, 0.3) is 11.3 Å². The number of aromatic amines is 1. The third-order valence-corrected chi connectivity index (χ3v) is 5.24. The Labute approximate surface area is 179 Å². The molecule has 3 rings (SSSR count). The number of H-pyrrole nitrogens is 1. The first-order chi connectivity index (χ1) is 13.9. The number of imidazole rings is 1. The Morgan fingerprint density at radius 2 is 1.97 bits per heavy atom. The van der Waals surface area contributed by atoms with E-state index in [0.29, 0.717) is 34.9 Å². The summed E-state index contributed by atoms with van der Waals surface area (Å²) in [6.07, 6.45) is 1.54. The Kier molecular flexibility index (Phi) is 6.93. The van der Waals surface area contributed by atoms with Gasteiger partial charge >= 0.3 is 0 Å². The standard InChI is InChI=1S/C22H21Cl2FN2O2/c1-13(2)9-17(22(29-12-28)14-5-3-6-15(23)10-14)21-20(26-11-27-21)16-7-4-8-18(24)19(16)25/h3-8,10-13,17,22H,9H2,1-2H3,(H,26,27). The summed E-state index contributed by atoms with van der Waals surface area (Å²) < 4.78 is 20.2. The predicted molar refractivity (Wildman–Crippen MR) is 113 cm³/mol. The number of carbonyl (C=O) groups excluding carboxylic acids is 1. The van der Waals surface area contributed by atoms with E-state index in [1.54, 1.807) is 30.3 Å². The molecular weight excluding hydrogens is 414 g/mol. The van der Waals surface area contributed by atoms with Gasteiger partial charge in [-0.15, -0.1) is 0 Å². The van der Waals surface area contributed by atoms with Crippen LogP contribution >= 0.6 is 23.2 Å². The Balaban J connectivity index is 2.13. The summed E-state index contributed by atoms with van der Waals surface area (Å²) in [5.74, 6) is -0.581. The number of halogens is 3. The summed E-state index contributed by atoms with van der Waals surface area (Å²) in [5, 5.41) is 0.562. The van der Waals surface area contributed by atoms with E-state index in [1.165, 1.54) is 12.4 Å². The number of rotatable bonds is 8. The molecule has 2 unspecified atom stereocenters. The van der Waals surface area contributed by atoms with Gasteiger partial charge in [0.25, 0.3) is 6.47 Å². The van der Waals surface area contributed by atoms with E-state index in [-0.39, 0.29) is 16.9 Å². The van der Waals surface area contributed by atoms with Gasteiger partial charge in [-0.05, 0) is 42.2 Å². The number of ether oxygens (including phenoxy) is 1. The van der Waals surface area contributed by atoms with Gasteiger partial charge in [0.15, 0.2) is 5.82 Å². The van der Waals surface area contributed by atoms with E-state index in [9.17, 15) is 9.18 Å². The van der Waals surface area contributed by atoms with Gasteiger partial charge < -0.3 is 9.72 Å². The van der Waals surface area contributed by atoms with Crippen LogP contribution in [0.1, 0.15) is 43.5 Å². The number of hydrogen-bond acceptors (Lipinski definition) is 3. The Morgan fingerprint density at radius 1 is 1.21 bits per heavy atom. The van der Waals surface area contributed by atoms with Crippen LogP contribution in [-0.2, 0) is 9.53 Å². The molecule has 152 valence electrons. The highest BCUT2D eigenvalue weighted by molar-refractivity contribution is 6.31. The summed E-state index contributed by atoms with van der Waals surface area (Å²) >= 11 is 12.1. The lowest BCUT2D eigenvalue weighted by Gasteiger charge is -2.27. The lowest BCUT2D eigenvalue weighted by molar-refractivity contribution is -0.135. The summed E-state index contributed by atoms with van der Waals surface area (Å²) in [4.78, 5) is 18.8. The number of hydrogen-bond donors (Lipinski definition) is 1. The van der Waals surface area contributed by atoms with Crippen molar-refractivity contribution in [2.75, 3.05) is 0 Å². The molecule has 0 saturated heterocycles. The molecule has 7 heteroatoms. The van der Waals surface area contributed by atoms with E-state index >= 15 is 0 Å². The maximum absolute atomic E-state index is 14.7. The van der Waals surface area contributed by atoms with Crippen molar-refractivity contribution in [3.63, 3.8) is 0 Å². The third-order valence-electron chi connectivity index (χ3n) is 4.71. The second-order valence-electron chi connectivity index (χ2n) is 7.21. The van der Waals surface area contributed by atoms with E-state index < -0.39 is 11.9 Å². The molecule has 0 aliphatic rings. The van der Waals surface area contributed by atoms with Crippen LogP contribution in [0.3, 0.4) is 0 Å². The second-order valence-corrected chi connectivity index (χ2v) is 8.05. The van der Waals surface area contributed by atoms with Crippen molar-refractivity contribution >= 4 is 29.7 Å². The predicted octanol–water partition coefficient (Wildman–Crippen LogP) is 6.57. The number of nitrogens with one attached hydrogen (secondary N) is 1. The van der Waals surface area contributed by atoms with Gasteiger partial charge in [0.05, 0.1) is 22.7 Å².